The Balaban J connectivity index is 0.00000282. The van der Waals surface area contributed by atoms with Gasteiger partial charge in [0, 0.05) is 18.2 Å². The predicted octanol–water partition coefficient (Wildman–Crippen LogP) is 3.20. The first-order valence-corrected chi connectivity index (χ1v) is 14.3. The van der Waals surface area contributed by atoms with Crippen molar-refractivity contribution in [2.45, 2.75) is 71.2 Å². The number of allylic oxidation sites excluding steroid dienone is 2. The van der Waals surface area contributed by atoms with Crippen molar-refractivity contribution in [1.82, 2.24) is 0 Å². The Hall–Kier alpha value is -4.63. The molecule has 1 saturated heterocycles. The molecule has 2 aromatic carbocycles. The van der Waals surface area contributed by atoms with Crippen LogP contribution in [0.1, 0.15) is 49.2 Å². The van der Waals surface area contributed by atoms with Crippen LogP contribution in [-0.4, -0.2) is 71.7 Å². The molecule has 4 atom stereocenters. The molecule has 14 nitrogen and oxygen atoms in total. The van der Waals surface area contributed by atoms with E-state index in [1.807, 2.05) is 19.9 Å². The number of aliphatic hydroxyl groups is 1. The van der Waals surface area contributed by atoms with Crippen LogP contribution in [0, 0.1) is 6.92 Å². The Labute approximate surface area is 265 Å². The lowest BCUT2D eigenvalue weighted by Gasteiger charge is -2.47. The first kappa shape index (κ1) is 35.8. The third kappa shape index (κ3) is 7.59. The smallest absolute Gasteiger partial charge is 0.404 e. The third-order valence-electron chi connectivity index (χ3n) is 7.33. The standard InChI is InChI=1S/C31H36N2O11.CH5N/c1-14(2)7-8-16-13-17(9-11-19(16)34)27(37)33-21-22(35)18-10-12-20(15(3)24(18)42-28(21)38)41-29-23(36)25(43-30(32)39)26(40-6)31(4,5)44-29;1-2/h7,9-13,23,25-26,29,34-36H,8H2,1-6H3,(H2,32,39)(H,33,37);2H2,1H3/t23-,25+,26-,29-;/m1./s1. The second kappa shape index (κ2) is 14.6. The molecule has 0 radical (unpaired) electrons. The van der Waals surface area contributed by atoms with Gasteiger partial charge in [0.2, 0.25) is 6.29 Å². The van der Waals surface area contributed by atoms with Crippen LogP contribution in [0.2, 0.25) is 0 Å². The maximum Gasteiger partial charge on any atom is 0.404 e. The summed E-state index contributed by atoms with van der Waals surface area (Å²) in [6.07, 6.45) is -3.81. The molecular weight excluding hydrogens is 602 g/mol. The molecule has 0 spiro atoms. The number of amides is 2. The summed E-state index contributed by atoms with van der Waals surface area (Å²) in [5.41, 5.74) is 9.04. The number of hydrogen-bond donors (Lipinski definition) is 6. The van der Waals surface area contributed by atoms with E-state index in [0.717, 1.165) is 5.57 Å². The van der Waals surface area contributed by atoms with Crippen molar-refractivity contribution >= 4 is 28.7 Å². The zero-order valence-corrected chi connectivity index (χ0v) is 26.7. The second-order valence-corrected chi connectivity index (χ2v) is 11.2. The Morgan fingerprint density at radius 2 is 1.80 bits per heavy atom. The molecule has 1 fully saturated rings. The number of rotatable bonds is 8. The fourth-order valence-electron chi connectivity index (χ4n) is 5.06. The van der Waals surface area contributed by atoms with Crippen molar-refractivity contribution in [3.63, 3.8) is 0 Å². The Bertz CT molecular complexity index is 1680. The molecule has 2 heterocycles. The molecule has 0 aliphatic carbocycles. The lowest BCUT2D eigenvalue weighted by Crippen LogP contribution is -2.65. The molecule has 3 aromatic rings. The normalized spacial score (nSPS) is 20.2. The SMILES string of the molecule is CN.CO[C@@H]1[C@@H](OC(N)=O)[C@@H](O)[C@H](Oc2ccc3c(O)c(NC(=O)c4ccc(O)c(CC=C(C)C)c4)c(=O)oc3c2C)OC1(C)C. The number of nitrogens with two attached hydrogens (primary N) is 2. The minimum Gasteiger partial charge on any atom is -0.508 e. The maximum atomic E-state index is 13.0. The van der Waals surface area contributed by atoms with Gasteiger partial charge in [-0.3, -0.25) is 4.79 Å². The summed E-state index contributed by atoms with van der Waals surface area (Å²) >= 11 is 0. The monoisotopic (exact) mass is 643 g/mol. The first-order valence-electron chi connectivity index (χ1n) is 14.3. The van der Waals surface area contributed by atoms with Gasteiger partial charge in [-0.05, 0) is 84.0 Å². The number of anilines is 1. The van der Waals surface area contributed by atoms with Crippen molar-refractivity contribution in [2.75, 3.05) is 19.5 Å². The number of phenols is 1. The van der Waals surface area contributed by atoms with Gasteiger partial charge in [-0.15, -0.1) is 0 Å². The summed E-state index contributed by atoms with van der Waals surface area (Å²) in [7, 11) is 2.87. The molecule has 1 aliphatic rings. The number of aromatic hydroxyl groups is 2. The van der Waals surface area contributed by atoms with Gasteiger partial charge in [0.25, 0.3) is 5.91 Å². The van der Waals surface area contributed by atoms with Gasteiger partial charge in [-0.1, -0.05) is 11.6 Å². The zero-order valence-electron chi connectivity index (χ0n) is 26.7. The summed E-state index contributed by atoms with van der Waals surface area (Å²) in [6.45, 7) is 8.69. The Kier molecular flexibility index (Phi) is 11.4. The van der Waals surface area contributed by atoms with Gasteiger partial charge in [0.15, 0.2) is 23.6 Å². The van der Waals surface area contributed by atoms with E-state index in [0.29, 0.717) is 12.0 Å². The van der Waals surface area contributed by atoms with Crippen molar-refractivity contribution in [1.29, 1.82) is 0 Å². The van der Waals surface area contributed by atoms with E-state index >= 15 is 0 Å². The number of ether oxygens (including phenoxy) is 4. The fourth-order valence-corrected chi connectivity index (χ4v) is 5.06. The largest absolute Gasteiger partial charge is 0.508 e. The third-order valence-corrected chi connectivity index (χ3v) is 7.33. The minimum atomic E-state index is -1.52. The lowest BCUT2D eigenvalue weighted by molar-refractivity contribution is -0.304. The van der Waals surface area contributed by atoms with Crippen molar-refractivity contribution < 1.29 is 48.3 Å². The topological polar surface area (TPSA) is 226 Å². The van der Waals surface area contributed by atoms with Gasteiger partial charge in [0.1, 0.15) is 23.2 Å². The Morgan fingerprint density at radius 3 is 2.41 bits per heavy atom. The number of aryl methyl sites for hydroxylation is 1. The highest BCUT2D eigenvalue weighted by atomic mass is 16.7. The van der Waals surface area contributed by atoms with Crippen molar-refractivity contribution in [3.8, 4) is 17.2 Å². The van der Waals surface area contributed by atoms with Crippen LogP contribution in [-0.2, 0) is 20.6 Å². The highest BCUT2D eigenvalue weighted by Crippen LogP contribution is 2.38. The fraction of sp³-hybridized carbons (Fsp3) is 0.406. The van der Waals surface area contributed by atoms with E-state index in [1.54, 1.807) is 20.8 Å². The van der Waals surface area contributed by atoms with Crippen LogP contribution >= 0.6 is 0 Å². The number of methoxy groups -OCH3 is 1. The van der Waals surface area contributed by atoms with Crippen LogP contribution < -0.4 is 27.1 Å². The van der Waals surface area contributed by atoms with Gasteiger partial charge in [-0.25, -0.2) is 9.59 Å². The number of fused-ring (bicyclic) bond motifs is 1. The number of aliphatic hydroxyl groups excluding tert-OH is 1. The average Bonchev–Trinajstić information content (AvgIpc) is 2.99. The van der Waals surface area contributed by atoms with E-state index in [4.69, 9.17) is 29.1 Å². The molecule has 8 N–H and O–H groups in total. The number of hydrogen-bond acceptors (Lipinski definition) is 12. The van der Waals surface area contributed by atoms with E-state index in [1.165, 1.54) is 44.5 Å². The predicted molar refractivity (Wildman–Crippen MR) is 169 cm³/mol. The zero-order chi connectivity index (χ0) is 34.5. The molecule has 14 heteroatoms. The van der Waals surface area contributed by atoms with E-state index in [9.17, 15) is 29.7 Å². The first-order chi connectivity index (χ1) is 21.6. The van der Waals surface area contributed by atoms with Crippen LogP contribution in [0.4, 0.5) is 10.5 Å². The second-order valence-electron chi connectivity index (χ2n) is 11.2. The average molecular weight is 644 g/mol. The molecule has 46 heavy (non-hydrogen) atoms. The van der Waals surface area contributed by atoms with Crippen LogP contribution in [0.3, 0.4) is 0 Å². The molecule has 250 valence electrons. The molecular formula is C32H41N3O11. The van der Waals surface area contributed by atoms with E-state index in [-0.39, 0.29) is 33.6 Å². The molecule has 0 unspecified atom stereocenters. The summed E-state index contributed by atoms with van der Waals surface area (Å²) in [5, 5.41) is 34.6. The minimum absolute atomic E-state index is 0.0183. The summed E-state index contributed by atoms with van der Waals surface area (Å²) in [5.74, 6) is -1.09. The Morgan fingerprint density at radius 1 is 1.13 bits per heavy atom. The summed E-state index contributed by atoms with van der Waals surface area (Å²) < 4.78 is 27.9. The van der Waals surface area contributed by atoms with E-state index in [2.05, 4.69) is 11.1 Å². The van der Waals surface area contributed by atoms with E-state index < -0.39 is 59.3 Å². The number of benzene rings is 2. The molecule has 1 aliphatic heterocycles. The number of phenolic OH excluding ortho intramolecular Hbond substituents is 1. The summed E-state index contributed by atoms with van der Waals surface area (Å²) in [6, 6.07) is 7.12. The van der Waals surface area contributed by atoms with Crippen molar-refractivity contribution in [2.24, 2.45) is 11.5 Å². The number of carbonyl (C=O) groups is 2. The molecule has 0 bridgehead atoms. The van der Waals surface area contributed by atoms with Gasteiger partial charge in [0.05, 0.1) is 11.0 Å². The van der Waals surface area contributed by atoms with Crippen LogP contribution in [0.5, 0.6) is 17.2 Å². The van der Waals surface area contributed by atoms with Gasteiger partial charge in [-0.2, -0.15) is 0 Å². The molecule has 1 aromatic heterocycles. The number of carbonyl (C=O) groups excluding carboxylic acids is 2. The van der Waals surface area contributed by atoms with Crippen LogP contribution in [0.15, 0.2) is 51.2 Å². The number of nitrogens with one attached hydrogen (secondary N) is 1. The van der Waals surface area contributed by atoms with Crippen molar-refractivity contribution in [3.05, 3.63) is 69.1 Å². The maximum absolute atomic E-state index is 13.0. The quantitative estimate of drug-likeness (QED) is 0.154. The lowest BCUT2D eigenvalue weighted by atomic mass is 9.89. The molecule has 2 amide bonds. The molecule has 4 rings (SSSR count). The highest BCUT2D eigenvalue weighted by molar-refractivity contribution is 6.06. The van der Waals surface area contributed by atoms with Gasteiger partial charge < -0.3 is 55.5 Å². The van der Waals surface area contributed by atoms with Crippen LogP contribution in [0.25, 0.3) is 11.0 Å². The van der Waals surface area contributed by atoms with Gasteiger partial charge >= 0.3 is 11.7 Å². The highest BCUT2D eigenvalue weighted by Gasteiger charge is 2.53. The summed E-state index contributed by atoms with van der Waals surface area (Å²) in [4.78, 5) is 37.5. The number of primary amides is 1. The molecule has 0 saturated carbocycles.